The van der Waals surface area contributed by atoms with Crippen molar-refractivity contribution < 1.29 is 17.9 Å². The van der Waals surface area contributed by atoms with Gasteiger partial charge in [-0.25, -0.2) is 0 Å². The third-order valence-electron chi connectivity index (χ3n) is 3.72. The quantitative estimate of drug-likeness (QED) is 0.663. The smallest absolute Gasteiger partial charge is 0.416 e. The van der Waals surface area contributed by atoms with Gasteiger partial charge >= 0.3 is 6.18 Å². The first-order valence-corrected chi connectivity index (χ1v) is 7.06. The van der Waals surface area contributed by atoms with E-state index < -0.39 is 11.7 Å². The van der Waals surface area contributed by atoms with Gasteiger partial charge in [0.25, 0.3) is 0 Å². The number of aliphatic imine (C=N–C) groups is 1. The minimum atomic E-state index is -4.42. The molecular formula is C15H20F3N3O. The average molecular weight is 315 g/mol. The Morgan fingerprint density at radius 2 is 2.09 bits per heavy atom. The van der Waals surface area contributed by atoms with E-state index in [-0.39, 0.29) is 17.9 Å². The number of halogens is 3. The van der Waals surface area contributed by atoms with Crippen molar-refractivity contribution in [3.05, 3.63) is 29.3 Å². The van der Waals surface area contributed by atoms with Gasteiger partial charge in [-0.2, -0.15) is 13.2 Å². The first-order valence-electron chi connectivity index (χ1n) is 7.06. The van der Waals surface area contributed by atoms with Gasteiger partial charge in [0.2, 0.25) is 0 Å². The van der Waals surface area contributed by atoms with Gasteiger partial charge in [0.1, 0.15) is 5.75 Å². The molecule has 0 saturated heterocycles. The van der Waals surface area contributed by atoms with Crippen LogP contribution in [0.3, 0.4) is 0 Å². The van der Waals surface area contributed by atoms with Gasteiger partial charge in [0, 0.05) is 19.6 Å². The molecule has 1 saturated carbocycles. The molecule has 22 heavy (non-hydrogen) atoms. The molecule has 0 aromatic heterocycles. The first-order chi connectivity index (χ1) is 10.3. The van der Waals surface area contributed by atoms with E-state index in [1.165, 1.54) is 19.2 Å². The Hall–Kier alpha value is -1.92. The summed E-state index contributed by atoms with van der Waals surface area (Å²) in [6.45, 7) is 2.15. The van der Waals surface area contributed by atoms with Crippen molar-refractivity contribution in [2.45, 2.75) is 32.1 Å². The molecule has 1 aliphatic rings. The lowest BCUT2D eigenvalue weighted by molar-refractivity contribution is -0.138. The van der Waals surface area contributed by atoms with Crippen molar-refractivity contribution in [1.82, 2.24) is 10.6 Å². The molecule has 0 aliphatic heterocycles. The summed E-state index contributed by atoms with van der Waals surface area (Å²) in [5.41, 5.74) is -0.547. The zero-order chi connectivity index (χ0) is 16.3. The molecule has 1 aromatic carbocycles. The number of nitrogens with one attached hydrogen (secondary N) is 2. The second-order valence-electron chi connectivity index (χ2n) is 5.41. The maximum Gasteiger partial charge on any atom is 0.416 e. The van der Waals surface area contributed by atoms with Gasteiger partial charge in [0.05, 0.1) is 12.7 Å². The normalized spacial score (nSPS) is 21.5. The summed E-state index contributed by atoms with van der Waals surface area (Å²) in [6, 6.07) is 4.30. The fourth-order valence-electron chi connectivity index (χ4n) is 2.17. The molecule has 2 N–H and O–H groups in total. The Morgan fingerprint density at radius 1 is 1.41 bits per heavy atom. The minimum absolute atomic E-state index is 0.0413. The summed E-state index contributed by atoms with van der Waals surface area (Å²) >= 11 is 0. The van der Waals surface area contributed by atoms with Crippen LogP contribution in [0.15, 0.2) is 23.2 Å². The van der Waals surface area contributed by atoms with Gasteiger partial charge < -0.3 is 15.4 Å². The van der Waals surface area contributed by atoms with E-state index in [0.29, 0.717) is 17.9 Å². The predicted molar refractivity (Wildman–Crippen MR) is 78.9 cm³/mol. The van der Waals surface area contributed by atoms with Crippen LogP contribution in [0.4, 0.5) is 13.2 Å². The van der Waals surface area contributed by atoms with E-state index in [1.807, 2.05) is 0 Å². The van der Waals surface area contributed by atoms with Crippen LogP contribution < -0.4 is 15.4 Å². The highest BCUT2D eigenvalue weighted by Crippen LogP contribution is 2.34. The Kier molecular flexibility index (Phi) is 4.83. The van der Waals surface area contributed by atoms with Gasteiger partial charge in [0.15, 0.2) is 5.96 Å². The van der Waals surface area contributed by atoms with E-state index >= 15 is 0 Å². The first kappa shape index (κ1) is 16.5. The molecule has 1 fully saturated rings. The van der Waals surface area contributed by atoms with Crippen LogP contribution in [0.2, 0.25) is 0 Å². The van der Waals surface area contributed by atoms with Crippen LogP contribution >= 0.6 is 0 Å². The molecule has 0 heterocycles. The van der Waals surface area contributed by atoms with E-state index in [4.69, 9.17) is 4.74 Å². The number of methoxy groups -OCH3 is 1. The highest BCUT2D eigenvalue weighted by molar-refractivity contribution is 5.80. The van der Waals surface area contributed by atoms with Crippen molar-refractivity contribution in [2.75, 3.05) is 14.2 Å². The summed E-state index contributed by atoms with van der Waals surface area (Å²) in [5, 5.41) is 6.10. The van der Waals surface area contributed by atoms with Crippen LogP contribution in [0.25, 0.3) is 0 Å². The molecule has 122 valence electrons. The van der Waals surface area contributed by atoms with E-state index in [2.05, 4.69) is 22.5 Å². The molecule has 2 atom stereocenters. The number of guanidine groups is 1. The van der Waals surface area contributed by atoms with Crippen LogP contribution in [-0.2, 0) is 12.7 Å². The van der Waals surface area contributed by atoms with Gasteiger partial charge in [-0.1, -0.05) is 13.0 Å². The average Bonchev–Trinajstić information content (AvgIpc) is 3.17. The summed E-state index contributed by atoms with van der Waals surface area (Å²) in [6.07, 6.45) is -3.37. The minimum Gasteiger partial charge on any atom is -0.497 e. The molecule has 1 aliphatic carbocycles. The predicted octanol–water partition coefficient (Wildman–Crippen LogP) is 2.79. The lowest BCUT2D eigenvalue weighted by Gasteiger charge is -2.16. The molecule has 2 unspecified atom stereocenters. The Labute approximate surface area is 127 Å². The Bertz CT molecular complexity index is 557. The van der Waals surface area contributed by atoms with Crippen LogP contribution in [0, 0.1) is 5.92 Å². The third-order valence-corrected chi connectivity index (χ3v) is 3.72. The molecule has 0 amide bonds. The van der Waals surface area contributed by atoms with Crippen LogP contribution in [0.5, 0.6) is 5.75 Å². The van der Waals surface area contributed by atoms with Crippen molar-refractivity contribution in [3.8, 4) is 5.75 Å². The number of hydrogen-bond donors (Lipinski definition) is 2. The molecule has 2 rings (SSSR count). The third kappa shape index (κ3) is 4.05. The molecule has 4 nitrogen and oxygen atoms in total. The van der Waals surface area contributed by atoms with Crippen LogP contribution in [-0.4, -0.2) is 26.2 Å². The van der Waals surface area contributed by atoms with Gasteiger partial charge in [-0.15, -0.1) is 0 Å². The van der Waals surface area contributed by atoms with Crippen molar-refractivity contribution >= 4 is 5.96 Å². The fraction of sp³-hybridized carbons (Fsp3) is 0.533. The van der Waals surface area contributed by atoms with E-state index in [1.54, 1.807) is 7.05 Å². The zero-order valence-electron chi connectivity index (χ0n) is 12.8. The van der Waals surface area contributed by atoms with E-state index in [9.17, 15) is 13.2 Å². The number of nitrogens with zero attached hydrogens (tertiary/aromatic N) is 1. The Morgan fingerprint density at radius 3 is 2.59 bits per heavy atom. The van der Waals surface area contributed by atoms with Crippen molar-refractivity contribution in [2.24, 2.45) is 10.9 Å². The summed E-state index contributed by atoms with van der Waals surface area (Å²) in [4.78, 5) is 4.03. The number of alkyl halides is 3. The monoisotopic (exact) mass is 315 g/mol. The number of hydrogen-bond acceptors (Lipinski definition) is 2. The summed E-state index contributed by atoms with van der Waals surface area (Å²) in [5.74, 6) is 1.27. The maximum absolute atomic E-state index is 13.1. The second kappa shape index (κ2) is 6.46. The summed E-state index contributed by atoms with van der Waals surface area (Å²) in [7, 11) is 2.94. The molecule has 0 spiro atoms. The number of ether oxygens (including phenoxy) is 1. The summed E-state index contributed by atoms with van der Waals surface area (Å²) < 4.78 is 44.2. The lowest BCUT2D eigenvalue weighted by Crippen LogP contribution is -2.38. The molecule has 0 radical (unpaired) electrons. The number of rotatable bonds is 4. The topological polar surface area (TPSA) is 45.7 Å². The molecular weight excluding hydrogens is 295 g/mol. The van der Waals surface area contributed by atoms with Crippen molar-refractivity contribution in [1.29, 1.82) is 0 Å². The second-order valence-corrected chi connectivity index (χ2v) is 5.41. The molecule has 7 heteroatoms. The van der Waals surface area contributed by atoms with Gasteiger partial charge in [-0.05, 0) is 30.0 Å². The largest absolute Gasteiger partial charge is 0.497 e. The zero-order valence-corrected chi connectivity index (χ0v) is 12.8. The van der Waals surface area contributed by atoms with Crippen LogP contribution in [0.1, 0.15) is 24.5 Å². The fourth-order valence-corrected chi connectivity index (χ4v) is 2.17. The molecule has 1 aromatic rings. The lowest BCUT2D eigenvalue weighted by atomic mass is 10.1. The highest BCUT2D eigenvalue weighted by Gasteiger charge is 2.35. The molecule has 0 bridgehead atoms. The SMILES string of the molecule is CN=C(NCc1ccc(OC)cc1C(F)(F)F)NC1CC1C. The standard InChI is InChI=1S/C15H20F3N3O/c1-9-6-13(9)21-14(19-2)20-8-10-4-5-11(22-3)7-12(10)15(16,17)18/h4-5,7,9,13H,6,8H2,1-3H3,(H2,19,20,21). The van der Waals surface area contributed by atoms with Crippen molar-refractivity contribution in [3.63, 3.8) is 0 Å². The van der Waals surface area contributed by atoms with E-state index in [0.717, 1.165) is 12.5 Å². The highest BCUT2D eigenvalue weighted by atomic mass is 19.4. The van der Waals surface area contributed by atoms with Gasteiger partial charge in [-0.3, -0.25) is 4.99 Å². The Balaban J connectivity index is 2.08. The maximum atomic E-state index is 13.1. The number of benzene rings is 1.